The molecule has 2 N–H and O–H groups in total. The van der Waals surface area contributed by atoms with Crippen molar-refractivity contribution in [3.8, 4) is 0 Å². The molecule has 1 aliphatic rings. The molecule has 0 radical (unpaired) electrons. The number of rotatable bonds is 2. The van der Waals surface area contributed by atoms with Crippen molar-refractivity contribution in [1.82, 2.24) is 15.3 Å². The molecule has 0 aliphatic carbocycles. The van der Waals surface area contributed by atoms with Crippen LogP contribution in [0.5, 0.6) is 0 Å². The molecule has 0 saturated heterocycles. The molecule has 0 unspecified atom stereocenters. The lowest BCUT2D eigenvalue weighted by Crippen LogP contribution is -2.12. The van der Waals surface area contributed by atoms with E-state index in [0.717, 1.165) is 18.8 Å². The van der Waals surface area contributed by atoms with Gasteiger partial charge in [0.1, 0.15) is 0 Å². The Morgan fingerprint density at radius 2 is 2.41 bits per heavy atom. The first-order valence-electron chi connectivity index (χ1n) is 5.23. The number of hydrogen-bond donors (Lipinski definition) is 2. The van der Waals surface area contributed by atoms with Gasteiger partial charge in [0.05, 0.1) is 11.3 Å². The third-order valence-electron chi connectivity index (χ3n) is 2.50. The molecule has 5 nitrogen and oxygen atoms in total. The standard InChI is InChI=1S/C11H10N4OS/c16-10(7-2-1-3-12-4-7)15-11-14-8-5-13-6-9(8)17-11/h1-4,13H,5-6H2,(H,14,15,16). The van der Waals surface area contributed by atoms with Crippen molar-refractivity contribution in [1.29, 1.82) is 0 Å². The first kappa shape index (κ1) is 10.4. The van der Waals surface area contributed by atoms with Crippen molar-refractivity contribution in [3.05, 3.63) is 40.7 Å². The van der Waals surface area contributed by atoms with Crippen LogP contribution in [-0.2, 0) is 13.1 Å². The summed E-state index contributed by atoms with van der Waals surface area (Å²) in [5.41, 5.74) is 1.58. The normalized spacial score (nSPS) is 13.4. The highest BCUT2D eigenvalue weighted by Gasteiger charge is 2.17. The number of thiazole rings is 1. The van der Waals surface area contributed by atoms with Crippen molar-refractivity contribution in [2.45, 2.75) is 13.1 Å². The van der Waals surface area contributed by atoms with Crippen LogP contribution in [0.1, 0.15) is 20.9 Å². The second-order valence-electron chi connectivity index (χ2n) is 3.69. The summed E-state index contributed by atoms with van der Waals surface area (Å²) in [6.07, 6.45) is 3.18. The highest BCUT2D eigenvalue weighted by molar-refractivity contribution is 7.15. The summed E-state index contributed by atoms with van der Waals surface area (Å²) in [6, 6.07) is 3.46. The first-order valence-corrected chi connectivity index (χ1v) is 6.05. The highest BCUT2D eigenvalue weighted by atomic mass is 32.1. The van der Waals surface area contributed by atoms with Gasteiger partial charge in [0.25, 0.3) is 5.91 Å². The van der Waals surface area contributed by atoms with Crippen molar-refractivity contribution >= 4 is 22.4 Å². The molecule has 0 saturated carbocycles. The molecule has 0 atom stereocenters. The van der Waals surface area contributed by atoms with Crippen molar-refractivity contribution in [3.63, 3.8) is 0 Å². The van der Waals surface area contributed by atoms with Crippen LogP contribution in [0.2, 0.25) is 0 Å². The van der Waals surface area contributed by atoms with Crippen molar-refractivity contribution < 1.29 is 4.79 Å². The quantitative estimate of drug-likeness (QED) is 0.840. The Morgan fingerprint density at radius 1 is 1.47 bits per heavy atom. The first-order chi connectivity index (χ1) is 8.33. The van der Waals surface area contributed by atoms with Gasteiger partial charge in [-0.15, -0.1) is 11.3 Å². The number of nitrogens with zero attached hydrogens (tertiary/aromatic N) is 2. The smallest absolute Gasteiger partial charge is 0.259 e. The van der Waals surface area contributed by atoms with E-state index in [2.05, 4.69) is 20.6 Å². The van der Waals surface area contributed by atoms with Crippen LogP contribution in [0, 0.1) is 0 Å². The predicted octanol–water partition coefficient (Wildman–Crippen LogP) is 1.39. The molecule has 1 amide bonds. The lowest BCUT2D eigenvalue weighted by molar-refractivity contribution is 0.102. The number of hydrogen-bond acceptors (Lipinski definition) is 5. The van der Waals surface area contributed by atoms with Crippen LogP contribution in [0.3, 0.4) is 0 Å². The molecule has 3 heterocycles. The predicted molar refractivity (Wildman–Crippen MR) is 64.8 cm³/mol. The zero-order chi connectivity index (χ0) is 11.7. The summed E-state index contributed by atoms with van der Waals surface area (Å²) in [6.45, 7) is 1.63. The molecular weight excluding hydrogens is 236 g/mol. The Kier molecular flexibility index (Phi) is 2.58. The van der Waals surface area contributed by atoms with Gasteiger partial charge in [-0.25, -0.2) is 4.98 Å². The zero-order valence-corrected chi connectivity index (χ0v) is 9.75. The van der Waals surface area contributed by atoms with Gasteiger partial charge in [-0.2, -0.15) is 0 Å². The maximum absolute atomic E-state index is 11.8. The van der Waals surface area contributed by atoms with Gasteiger partial charge in [0.2, 0.25) is 0 Å². The van der Waals surface area contributed by atoms with Gasteiger partial charge in [-0.3, -0.25) is 15.1 Å². The molecule has 3 rings (SSSR count). The summed E-state index contributed by atoms with van der Waals surface area (Å²) < 4.78 is 0. The third-order valence-corrected chi connectivity index (χ3v) is 3.51. The molecule has 0 bridgehead atoms. The van der Waals surface area contributed by atoms with E-state index in [9.17, 15) is 4.79 Å². The van der Waals surface area contributed by atoms with Gasteiger partial charge in [-0.05, 0) is 12.1 Å². The summed E-state index contributed by atoms with van der Waals surface area (Å²) in [4.78, 5) is 21.3. The maximum atomic E-state index is 11.8. The number of anilines is 1. The molecular formula is C11H10N4OS. The van der Waals surface area contributed by atoms with E-state index >= 15 is 0 Å². The number of aromatic nitrogens is 2. The lowest BCUT2D eigenvalue weighted by Gasteiger charge is -2.00. The molecule has 6 heteroatoms. The van der Waals surface area contributed by atoms with Crippen LogP contribution in [0.15, 0.2) is 24.5 Å². The number of amides is 1. The average molecular weight is 246 g/mol. The molecule has 2 aromatic rings. The minimum atomic E-state index is -0.168. The maximum Gasteiger partial charge on any atom is 0.259 e. The monoisotopic (exact) mass is 246 g/mol. The van der Waals surface area contributed by atoms with Gasteiger partial charge in [0.15, 0.2) is 5.13 Å². The van der Waals surface area contributed by atoms with Gasteiger partial charge < -0.3 is 5.32 Å². The lowest BCUT2D eigenvalue weighted by atomic mass is 10.3. The molecule has 2 aromatic heterocycles. The summed E-state index contributed by atoms with van der Waals surface area (Å²) in [5.74, 6) is -0.168. The van der Waals surface area contributed by atoms with Crippen LogP contribution in [-0.4, -0.2) is 15.9 Å². The van der Waals surface area contributed by atoms with E-state index < -0.39 is 0 Å². The van der Waals surface area contributed by atoms with E-state index in [-0.39, 0.29) is 5.91 Å². The molecule has 0 spiro atoms. The molecule has 86 valence electrons. The topological polar surface area (TPSA) is 66.9 Å². The number of carbonyl (C=O) groups is 1. The van der Waals surface area contributed by atoms with E-state index in [1.807, 2.05) is 0 Å². The molecule has 1 aliphatic heterocycles. The Labute approximate surface area is 102 Å². The third kappa shape index (κ3) is 2.04. The van der Waals surface area contributed by atoms with Crippen LogP contribution in [0.25, 0.3) is 0 Å². The van der Waals surface area contributed by atoms with Crippen LogP contribution >= 0.6 is 11.3 Å². The number of nitrogens with one attached hydrogen (secondary N) is 2. The van der Waals surface area contributed by atoms with Gasteiger partial charge >= 0.3 is 0 Å². The van der Waals surface area contributed by atoms with Crippen molar-refractivity contribution in [2.75, 3.05) is 5.32 Å². The summed E-state index contributed by atoms with van der Waals surface area (Å²) in [7, 11) is 0. The van der Waals surface area contributed by atoms with Crippen LogP contribution in [0.4, 0.5) is 5.13 Å². The SMILES string of the molecule is O=C(Nc1nc2c(s1)CNC2)c1cccnc1. The second-order valence-corrected chi connectivity index (χ2v) is 4.77. The fourth-order valence-corrected chi connectivity index (χ4v) is 2.62. The zero-order valence-electron chi connectivity index (χ0n) is 8.93. The Hall–Kier alpha value is -1.79. The Morgan fingerprint density at radius 3 is 3.18 bits per heavy atom. The highest BCUT2D eigenvalue weighted by Crippen LogP contribution is 2.26. The molecule has 0 aromatic carbocycles. The minimum Gasteiger partial charge on any atom is -0.306 e. The molecule has 17 heavy (non-hydrogen) atoms. The second kappa shape index (κ2) is 4.23. The largest absolute Gasteiger partial charge is 0.306 e. The van der Waals surface area contributed by atoms with E-state index in [0.29, 0.717) is 10.7 Å². The fraction of sp³-hybridized carbons (Fsp3) is 0.182. The van der Waals surface area contributed by atoms with E-state index in [1.54, 1.807) is 18.3 Å². The number of fused-ring (bicyclic) bond motifs is 1. The number of carbonyl (C=O) groups excluding carboxylic acids is 1. The summed E-state index contributed by atoms with van der Waals surface area (Å²) in [5, 5.41) is 6.65. The number of pyridine rings is 1. The average Bonchev–Trinajstić information content (AvgIpc) is 2.90. The van der Waals surface area contributed by atoms with Gasteiger partial charge in [-0.1, -0.05) is 0 Å². The Balaban J connectivity index is 1.77. The summed E-state index contributed by atoms with van der Waals surface area (Å²) >= 11 is 1.52. The Bertz CT molecular complexity index is 530. The van der Waals surface area contributed by atoms with Crippen LogP contribution < -0.4 is 10.6 Å². The van der Waals surface area contributed by atoms with Gasteiger partial charge in [0, 0.05) is 30.4 Å². The van der Waals surface area contributed by atoms with E-state index in [4.69, 9.17) is 0 Å². The van der Waals surface area contributed by atoms with Crippen molar-refractivity contribution in [2.24, 2.45) is 0 Å². The minimum absolute atomic E-state index is 0.168. The molecule has 0 fully saturated rings. The fourth-order valence-electron chi connectivity index (χ4n) is 1.67. The van der Waals surface area contributed by atoms with E-state index in [1.165, 1.54) is 22.4 Å².